The van der Waals surface area contributed by atoms with Gasteiger partial charge in [0.25, 0.3) is 8.32 Å². The van der Waals surface area contributed by atoms with E-state index in [0.717, 1.165) is 15.9 Å². The molecule has 5 atom stereocenters. The van der Waals surface area contributed by atoms with Crippen molar-refractivity contribution < 1.29 is 28.6 Å². The van der Waals surface area contributed by atoms with E-state index in [0.29, 0.717) is 12.8 Å². The third-order valence-electron chi connectivity index (χ3n) is 9.25. The zero-order valence-electron chi connectivity index (χ0n) is 27.5. The topological polar surface area (TPSA) is 82.1 Å². The first-order valence-corrected chi connectivity index (χ1v) is 18.5. The molecule has 0 aliphatic carbocycles. The van der Waals surface area contributed by atoms with E-state index in [1.165, 1.54) is 0 Å². The van der Waals surface area contributed by atoms with Crippen LogP contribution in [0.3, 0.4) is 0 Å². The fraction of sp³-hybridized carbons (Fsp3) is 0.459. The standard InChI is InChI=1S/C37H47BrO6Si/c1-26-22-28(16-14-15-21-38)42-34(40)27(2)37(41)25-29(24-33(43-37)36(6,7)32(39)23-26)44-45(35(3,4)5,30-17-10-8-11-18-30)31-19-12-9-13-20-31/h8-21,23,27-29,33,41H,22,24-25H2,1-7H3/b16-14+,21-15+,26-23+/t27-,28+,29-,33-,37+/m1/s1. The minimum atomic E-state index is -3.03. The normalized spacial score (nSPS) is 29.5. The van der Waals surface area contributed by atoms with Crippen LogP contribution in [0.2, 0.25) is 5.04 Å². The molecule has 1 fully saturated rings. The van der Waals surface area contributed by atoms with E-state index in [2.05, 4.69) is 61.0 Å². The zero-order chi connectivity index (χ0) is 33.0. The molecule has 2 heterocycles. The summed E-state index contributed by atoms with van der Waals surface area (Å²) in [5, 5.41) is 14.2. The fourth-order valence-electron chi connectivity index (χ4n) is 6.50. The molecule has 6 nitrogen and oxygen atoms in total. The van der Waals surface area contributed by atoms with Gasteiger partial charge in [-0.2, -0.15) is 0 Å². The van der Waals surface area contributed by atoms with Gasteiger partial charge in [0, 0.05) is 12.8 Å². The molecule has 2 aromatic rings. The van der Waals surface area contributed by atoms with Crippen molar-refractivity contribution in [3.8, 4) is 0 Å². The van der Waals surface area contributed by atoms with Gasteiger partial charge in [0.15, 0.2) is 11.6 Å². The summed E-state index contributed by atoms with van der Waals surface area (Å²) in [7, 11) is -3.03. The van der Waals surface area contributed by atoms with Gasteiger partial charge in [0.2, 0.25) is 0 Å². The predicted octanol–water partition coefficient (Wildman–Crippen LogP) is 6.76. The number of esters is 1. The molecule has 0 radical (unpaired) electrons. The summed E-state index contributed by atoms with van der Waals surface area (Å²) in [6.45, 7) is 13.8. The van der Waals surface area contributed by atoms with Crippen molar-refractivity contribution in [1.82, 2.24) is 0 Å². The largest absolute Gasteiger partial charge is 0.457 e. The minimum Gasteiger partial charge on any atom is -0.457 e. The molecule has 1 N–H and O–H groups in total. The molecule has 2 bridgehead atoms. The Bertz CT molecular complexity index is 1390. The van der Waals surface area contributed by atoms with Crippen LogP contribution in [-0.2, 0) is 23.5 Å². The molecular formula is C37H47BrO6Si. The molecule has 4 rings (SSSR count). The first-order chi connectivity index (χ1) is 21.1. The highest BCUT2D eigenvalue weighted by atomic mass is 79.9. The number of cyclic esters (lactones) is 1. The van der Waals surface area contributed by atoms with Crippen LogP contribution in [-0.4, -0.2) is 49.3 Å². The third-order valence-corrected chi connectivity index (χ3v) is 14.6. The predicted molar refractivity (Wildman–Crippen MR) is 185 cm³/mol. The molecule has 0 saturated carbocycles. The van der Waals surface area contributed by atoms with Gasteiger partial charge < -0.3 is 19.0 Å². The van der Waals surface area contributed by atoms with Crippen LogP contribution < -0.4 is 10.4 Å². The number of rotatable bonds is 6. The summed E-state index contributed by atoms with van der Waals surface area (Å²) < 4.78 is 19.8. The number of allylic oxidation sites excluding steroid dienone is 3. The third kappa shape index (κ3) is 7.52. The van der Waals surface area contributed by atoms with E-state index in [1.54, 1.807) is 36.2 Å². The minimum absolute atomic E-state index is 0.0518. The zero-order valence-corrected chi connectivity index (χ0v) is 30.0. The summed E-state index contributed by atoms with van der Waals surface area (Å²) in [6, 6.07) is 20.6. The second-order valence-corrected chi connectivity index (χ2v) is 18.8. The first-order valence-electron chi connectivity index (χ1n) is 15.7. The van der Waals surface area contributed by atoms with Crippen LogP contribution >= 0.6 is 15.9 Å². The summed E-state index contributed by atoms with van der Waals surface area (Å²) >= 11 is 3.25. The lowest BCUT2D eigenvalue weighted by Gasteiger charge is -2.51. The maximum absolute atomic E-state index is 13.9. The van der Waals surface area contributed by atoms with E-state index in [9.17, 15) is 14.7 Å². The van der Waals surface area contributed by atoms with E-state index in [1.807, 2.05) is 57.2 Å². The van der Waals surface area contributed by atoms with Crippen LogP contribution in [0.15, 0.2) is 95.5 Å². The van der Waals surface area contributed by atoms with E-state index in [-0.39, 0.29) is 17.2 Å². The Morgan fingerprint density at radius 3 is 2.11 bits per heavy atom. The highest BCUT2D eigenvalue weighted by Gasteiger charge is 2.57. The molecular weight excluding hydrogens is 648 g/mol. The van der Waals surface area contributed by atoms with Gasteiger partial charge in [-0.25, -0.2) is 0 Å². The van der Waals surface area contributed by atoms with Crippen LogP contribution in [0.1, 0.15) is 67.7 Å². The molecule has 8 heteroatoms. The van der Waals surface area contributed by atoms with Crippen molar-refractivity contribution >= 4 is 46.4 Å². The molecule has 0 aromatic heterocycles. The number of ether oxygens (including phenoxy) is 2. The number of ketones is 1. The Kier molecular flexibility index (Phi) is 11.0. The number of halogens is 1. The lowest BCUT2D eigenvalue weighted by molar-refractivity contribution is -0.305. The van der Waals surface area contributed by atoms with Gasteiger partial charge >= 0.3 is 5.97 Å². The van der Waals surface area contributed by atoms with E-state index in [4.69, 9.17) is 13.9 Å². The molecule has 1 saturated heterocycles. The van der Waals surface area contributed by atoms with E-state index >= 15 is 0 Å². The number of hydrogen-bond acceptors (Lipinski definition) is 6. The molecule has 2 aromatic carbocycles. The number of benzene rings is 2. The van der Waals surface area contributed by atoms with Crippen molar-refractivity contribution in [1.29, 1.82) is 0 Å². The van der Waals surface area contributed by atoms with Gasteiger partial charge in [0.1, 0.15) is 12.0 Å². The Morgan fingerprint density at radius 1 is 1.00 bits per heavy atom. The lowest BCUT2D eigenvalue weighted by Crippen LogP contribution is -2.69. The van der Waals surface area contributed by atoms with Crippen LogP contribution in [0.5, 0.6) is 0 Å². The highest BCUT2D eigenvalue weighted by molar-refractivity contribution is 9.11. The van der Waals surface area contributed by atoms with Crippen molar-refractivity contribution in [2.75, 3.05) is 0 Å². The Labute approximate surface area is 277 Å². The molecule has 242 valence electrons. The molecule has 0 unspecified atom stereocenters. The summed E-state index contributed by atoms with van der Waals surface area (Å²) in [4.78, 5) is 29.2. The van der Waals surface area contributed by atoms with Crippen LogP contribution in [0.25, 0.3) is 0 Å². The quantitative estimate of drug-likeness (QED) is 0.205. The second kappa shape index (κ2) is 14.0. The number of hydrogen-bond donors (Lipinski definition) is 1. The SMILES string of the molecule is C/C1=C\C(=O)C(C)(C)[C@H]2C[C@@H](O[Si](c3ccccc3)(c3ccccc3)C(C)(C)C)C[C@](O)(O2)[C@H](C)C(=O)O[C@@H](/C=C/C=C/Br)C1. The molecule has 0 spiro atoms. The van der Waals surface area contributed by atoms with Crippen molar-refractivity contribution in [2.45, 2.75) is 96.9 Å². The van der Waals surface area contributed by atoms with Crippen molar-refractivity contribution in [3.05, 3.63) is 95.5 Å². The maximum Gasteiger partial charge on any atom is 0.314 e. The van der Waals surface area contributed by atoms with Gasteiger partial charge in [-0.3, -0.25) is 9.59 Å². The second-order valence-electron chi connectivity index (χ2n) is 14.0. The number of fused-ring (bicyclic) bond motifs is 2. The number of carbonyl (C=O) groups is 2. The first kappa shape index (κ1) is 35.2. The van der Waals surface area contributed by atoms with Crippen LogP contribution in [0.4, 0.5) is 0 Å². The maximum atomic E-state index is 13.9. The van der Waals surface area contributed by atoms with Crippen LogP contribution in [0, 0.1) is 11.3 Å². The van der Waals surface area contributed by atoms with E-state index < -0.39 is 49.7 Å². The monoisotopic (exact) mass is 694 g/mol. The van der Waals surface area contributed by atoms with Gasteiger partial charge in [-0.05, 0) is 52.8 Å². The average Bonchev–Trinajstić information content (AvgIpc) is 2.99. The molecule has 2 aliphatic rings. The smallest absolute Gasteiger partial charge is 0.314 e. The Hall–Kier alpha value is -2.62. The van der Waals surface area contributed by atoms with Gasteiger partial charge in [0.05, 0.1) is 17.6 Å². The molecule has 2 aliphatic heterocycles. The summed E-state index contributed by atoms with van der Waals surface area (Å²) in [6.07, 6.45) is 5.87. The van der Waals surface area contributed by atoms with Crippen molar-refractivity contribution in [3.63, 3.8) is 0 Å². The Balaban J connectivity index is 1.84. The Morgan fingerprint density at radius 2 is 1.58 bits per heavy atom. The fourth-order valence-corrected chi connectivity index (χ4v) is 11.4. The lowest BCUT2D eigenvalue weighted by atomic mass is 9.75. The average molecular weight is 696 g/mol. The highest BCUT2D eigenvalue weighted by Crippen LogP contribution is 2.45. The van der Waals surface area contributed by atoms with Gasteiger partial charge in [-0.1, -0.05) is 129 Å². The molecule has 45 heavy (non-hydrogen) atoms. The summed E-state index contributed by atoms with van der Waals surface area (Å²) in [5.74, 6) is -3.64. The van der Waals surface area contributed by atoms with Crippen molar-refractivity contribution in [2.24, 2.45) is 11.3 Å². The number of aliphatic hydroxyl groups is 1. The van der Waals surface area contributed by atoms with Gasteiger partial charge in [-0.15, -0.1) is 0 Å². The summed E-state index contributed by atoms with van der Waals surface area (Å²) in [5.41, 5.74) is -0.215. The molecule has 0 amide bonds. The number of carbonyl (C=O) groups excluding carboxylic acids is 2.